The van der Waals surface area contributed by atoms with E-state index in [1.165, 1.54) is 0 Å². The first-order chi connectivity index (χ1) is 9.24. The fraction of sp³-hybridized carbons (Fsp3) is 0.0714. The molecule has 2 heterocycles. The second-order valence-corrected chi connectivity index (χ2v) is 5.03. The number of rotatable bonds is 2. The lowest BCUT2D eigenvalue weighted by molar-refractivity contribution is 0.835. The summed E-state index contributed by atoms with van der Waals surface area (Å²) >= 11 is 3.55. The predicted molar refractivity (Wildman–Crippen MR) is 77.0 cm³/mol. The van der Waals surface area contributed by atoms with Crippen LogP contribution in [0.1, 0.15) is 5.69 Å². The van der Waals surface area contributed by atoms with Gasteiger partial charge in [0.1, 0.15) is 6.33 Å². The van der Waals surface area contributed by atoms with Crippen LogP contribution in [0.25, 0.3) is 16.9 Å². The summed E-state index contributed by atoms with van der Waals surface area (Å²) in [6, 6.07) is 9.97. The third-order valence-corrected chi connectivity index (χ3v) is 3.48. The third kappa shape index (κ3) is 2.42. The van der Waals surface area contributed by atoms with Crippen molar-refractivity contribution in [1.82, 2.24) is 19.7 Å². The van der Waals surface area contributed by atoms with Gasteiger partial charge >= 0.3 is 0 Å². The summed E-state index contributed by atoms with van der Waals surface area (Å²) in [4.78, 5) is 8.30. The van der Waals surface area contributed by atoms with Crippen molar-refractivity contribution in [3.63, 3.8) is 0 Å². The van der Waals surface area contributed by atoms with Crippen LogP contribution in [0, 0.1) is 6.92 Å². The third-order valence-electron chi connectivity index (χ3n) is 2.79. The normalized spacial score (nSPS) is 10.6. The highest BCUT2D eigenvalue weighted by Crippen LogP contribution is 2.27. The number of hydrogen-bond acceptors (Lipinski definition) is 3. The quantitative estimate of drug-likeness (QED) is 0.728. The summed E-state index contributed by atoms with van der Waals surface area (Å²) in [5.74, 6) is 0.769. The van der Waals surface area contributed by atoms with Crippen molar-refractivity contribution in [3.05, 3.63) is 59.2 Å². The van der Waals surface area contributed by atoms with Gasteiger partial charge in [0.25, 0.3) is 0 Å². The number of hydrogen-bond donors (Lipinski definition) is 0. The fourth-order valence-corrected chi connectivity index (χ4v) is 2.36. The molecule has 0 bridgehead atoms. The van der Waals surface area contributed by atoms with Crippen LogP contribution in [0.4, 0.5) is 0 Å². The average molecular weight is 315 g/mol. The Balaban J connectivity index is 2.03. The van der Waals surface area contributed by atoms with Crippen molar-refractivity contribution < 1.29 is 0 Å². The van der Waals surface area contributed by atoms with Crippen LogP contribution in [0.5, 0.6) is 0 Å². The number of aryl methyl sites for hydroxylation is 1. The zero-order valence-corrected chi connectivity index (χ0v) is 11.9. The summed E-state index contributed by atoms with van der Waals surface area (Å²) in [6.45, 7) is 1.93. The van der Waals surface area contributed by atoms with Crippen LogP contribution in [0.15, 0.2) is 53.5 Å². The summed E-state index contributed by atoms with van der Waals surface area (Å²) < 4.78 is 2.80. The highest BCUT2D eigenvalue weighted by Gasteiger charge is 2.07. The van der Waals surface area contributed by atoms with Crippen LogP contribution in [-0.2, 0) is 0 Å². The van der Waals surface area contributed by atoms with Gasteiger partial charge < -0.3 is 0 Å². The molecule has 0 aliphatic heterocycles. The average Bonchev–Trinajstić information content (AvgIpc) is 2.89. The molecule has 0 aliphatic rings. The van der Waals surface area contributed by atoms with Crippen LogP contribution in [0.3, 0.4) is 0 Å². The van der Waals surface area contributed by atoms with E-state index in [1.807, 2.05) is 43.6 Å². The largest absolute Gasteiger partial charge is 0.242 e. The summed E-state index contributed by atoms with van der Waals surface area (Å²) in [6.07, 6.45) is 5.34. The van der Waals surface area contributed by atoms with Crippen LogP contribution in [0.2, 0.25) is 0 Å². The lowest BCUT2D eigenvalue weighted by Crippen LogP contribution is -1.98. The zero-order valence-electron chi connectivity index (χ0n) is 10.3. The van der Waals surface area contributed by atoms with E-state index in [4.69, 9.17) is 0 Å². The number of benzene rings is 1. The van der Waals surface area contributed by atoms with Crippen LogP contribution >= 0.6 is 15.9 Å². The molecule has 0 fully saturated rings. The lowest BCUT2D eigenvalue weighted by Gasteiger charge is -2.01. The van der Waals surface area contributed by atoms with Gasteiger partial charge in [-0.25, -0.2) is 14.6 Å². The molecule has 0 N–H and O–H groups in total. The van der Waals surface area contributed by atoms with Crippen molar-refractivity contribution in [2.75, 3.05) is 0 Å². The summed E-state index contributed by atoms with van der Waals surface area (Å²) in [5.41, 5.74) is 3.08. The predicted octanol–water partition coefficient (Wildman–Crippen LogP) is 3.40. The SMILES string of the molecule is Cc1cc(-n2cc(-c3ccccc3Br)cn2)ncn1. The molecule has 0 unspecified atom stereocenters. The van der Waals surface area contributed by atoms with E-state index in [2.05, 4.69) is 37.1 Å². The van der Waals surface area contributed by atoms with E-state index >= 15 is 0 Å². The summed E-state index contributed by atoms with van der Waals surface area (Å²) in [7, 11) is 0. The zero-order chi connectivity index (χ0) is 13.2. The number of aromatic nitrogens is 4. The van der Waals surface area contributed by atoms with Gasteiger partial charge in [0.2, 0.25) is 0 Å². The van der Waals surface area contributed by atoms with E-state index in [0.717, 1.165) is 27.1 Å². The molecule has 1 aromatic carbocycles. The van der Waals surface area contributed by atoms with Gasteiger partial charge in [-0.15, -0.1) is 0 Å². The Morgan fingerprint density at radius 2 is 2.00 bits per heavy atom. The molecule has 0 atom stereocenters. The molecular weight excluding hydrogens is 304 g/mol. The van der Waals surface area contributed by atoms with Crippen molar-refractivity contribution in [2.45, 2.75) is 6.92 Å². The Morgan fingerprint density at radius 1 is 1.16 bits per heavy atom. The van der Waals surface area contributed by atoms with Gasteiger partial charge in [0.15, 0.2) is 5.82 Å². The second kappa shape index (κ2) is 4.93. The molecule has 0 radical (unpaired) electrons. The van der Waals surface area contributed by atoms with E-state index < -0.39 is 0 Å². The first kappa shape index (κ1) is 12.0. The molecule has 19 heavy (non-hydrogen) atoms. The van der Waals surface area contributed by atoms with E-state index in [-0.39, 0.29) is 0 Å². The Labute approximate surface area is 119 Å². The smallest absolute Gasteiger partial charge is 0.156 e. The lowest BCUT2D eigenvalue weighted by atomic mass is 10.1. The molecule has 0 saturated heterocycles. The maximum Gasteiger partial charge on any atom is 0.156 e. The highest BCUT2D eigenvalue weighted by atomic mass is 79.9. The van der Waals surface area contributed by atoms with Gasteiger partial charge in [0.05, 0.1) is 6.20 Å². The number of halogens is 1. The second-order valence-electron chi connectivity index (χ2n) is 4.17. The number of nitrogens with zero attached hydrogens (tertiary/aromatic N) is 4. The van der Waals surface area contributed by atoms with Crippen LogP contribution in [-0.4, -0.2) is 19.7 Å². The van der Waals surface area contributed by atoms with E-state index in [1.54, 1.807) is 11.0 Å². The molecule has 0 aliphatic carbocycles. The molecule has 2 aromatic heterocycles. The minimum absolute atomic E-state index is 0.769. The molecule has 0 amide bonds. The Morgan fingerprint density at radius 3 is 2.79 bits per heavy atom. The highest BCUT2D eigenvalue weighted by molar-refractivity contribution is 9.10. The molecule has 0 saturated carbocycles. The van der Waals surface area contributed by atoms with Crippen LogP contribution < -0.4 is 0 Å². The van der Waals surface area contributed by atoms with Gasteiger partial charge in [0, 0.05) is 28.0 Å². The van der Waals surface area contributed by atoms with E-state index in [0.29, 0.717) is 0 Å². The van der Waals surface area contributed by atoms with Gasteiger partial charge in [-0.05, 0) is 18.6 Å². The molecule has 94 valence electrons. The monoisotopic (exact) mass is 314 g/mol. The topological polar surface area (TPSA) is 43.6 Å². The first-order valence-electron chi connectivity index (χ1n) is 5.82. The van der Waals surface area contributed by atoms with Crippen molar-refractivity contribution in [1.29, 1.82) is 0 Å². The molecule has 5 heteroatoms. The first-order valence-corrected chi connectivity index (χ1v) is 6.62. The molecule has 4 nitrogen and oxygen atoms in total. The minimum atomic E-state index is 0.769. The van der Waals surface area contributed by atoms with Gasteiger partial charge in [-0.3, -0.25) is 0 Å². The Bertz CT molecular complexity index is 721. The summed E-state index contributed by atoms with van der Waals surface area (Å²) in [5, 5.41) is 4.35. The van der Waals surface area contributed by atoms with Crippen molar-refractivity contribution in [2.24, 2.45) is 0 Å². The molecule has 0 spiro atoms. The molecule has 3 aromatic rings. The maximum absolute atomic E-state index is 4.35. The van der Waals surface area contributed by atoms with Crippen molar-refractivity contribution in [3.8, 4) is 16.9 Å². The maximum atomic E-state index is 4.35. The van der Waals surface area contributed by atoms with E-state index in [9.17, 15) is 0 Å². The van der Waals surface area contributed by atoms with Crippen molar-refractivity contribution >= 4 is 15.9 Å². The Hall–Kier alpha value is -2.01. The standard InChI is InChI=1S/C14H11BrN4/c1-10-6-14(17-9-16-10)19-8-11(7-18-19)12-4-2-3-5-13(12)15/h2-9H,1H3. The fourth-order valence-electron chi connectivity index (χ4n) is 1.85. The molecular formula is C14H11BrN4. The Kier molecular flexibility index (Phi) is 3.13. The van der Waals surface area contributed by atoms with Gasteiger partial charge in [-0.1, -0.05) is 34.1 Å². The minimum Gasteiger partial charge on any atom is -0.242 e. The van der Waals surface area contributed by atoms with Gasteiger partial charge in [-0.2, -0.15) is 5.10 Å². The molecule has 3 rings (SSSR count).